The Morgan fingerprint density at radius 3 is 2.80 bits per heavy atom. The Morgan fingerprint density at radius 1 is 1.25 bits per heavy atom. The zero-order chi connectivity index (χ0) is 14.3. The summed E-state index contributed by atoms with van der Waals surface area (Å²) >= 11 is 9.18. The van der Waals surface area contributed by atoms with E-state index in [1.807, 2.05) is 0 Å². The number of carbonyl (C=O) groups is 1. The predicted octanol–water partition coefficient (Wildman–Crippen LogP) is 4.95. The topological polar surface area (TPSA) is 32.9 Å². The SMILES string of the molecule is O=C(c1ccc(Cl)c(Br)c1)c1c[nH]c2cccc(F)c12. The first-order valence-electron chi connectivity index (χ1n) is 5.83. The molecule has 3 aromatic rings. The molecule has 0 atom stereocenters. The van der Waals surface area contributed by atoms with Crippen LogP contribution >= 0.6 is 27.5 Å². The first-order valence-corrected chi connectivity index (χ1v) is 7.00. The molecule has 0 saturated heterocycles. The summed E-state index contributed by atoms with van der Waals surface area (Å²) in [5.41, 5.74) is 1.36. The molecule has 20 heavy (non-hydrogen) atoms. The van der Waals surface area contributed by atoms with Crippen molar-refractivity contribution >= 4 is 44.2 Å². The Balaban J connectivity index is 2.15. The Labute approximate surface area is 127 Å². The third-order valence-corrected chi connectivity index (χ3v) is 4.30. The largest absolute Gasteiger partial charge is 0.360 e. The van der Waals surface area contributed by atoms with Gasteiger partial charge in [0, 0.05) is 27.1 Å². The highest BCUT2D eigenvalue weighted by atomic mass is 79.9. The van der Waals surface area contributed by atoms with Crippen molar-refractivity contribution in [1.29, 1.82) is 0 Å². The molecule has 2 nitrogen and oxygen atoms in total. The normalized spacial score (nSPS) is 10.9. The highest BCUT2D eigenvalue weighted by molar-refractivity contribution is 9.10. The number of hydrogen-bond donors (Lipinski definition) is 1. The summed E-state index contributed by atoms with van der Waals surface area (Å²) in [6.07, 6.45) is 1.53. The number of nitrogens with one attached hydrogen (secondary N) is 1. The Morgan fingerprint density at radius 2 is 2.05 bits per heavy atom. The fourth-order valence-corrected chi connectivity index (χ4v) is 2.61. The first kappa shape index (κ1) is 13.3. The van der Waals surface area contributed by atoms with Crippen molar-refractivity contribution in [3.63, 3.8) is 0 Å². The quantitative estimate of drug-likeness (QED) is 0.650. The van der Waals surface area contributed by atoms with E-state index in [9.17, 15) is 9.18 Å². The zero-order valence-electron chi connectivity index (χ0n) is 10.1. The molecular weight excluding hydrogens is 345 g/mol. The second-order valence-corrected chi connectivity index (χ2v) is 5.58. The van der Waals surface area contributed by atoms with Gasteiger partial charge < -0.3 is 4.98 Å². The summed E-state index contributed by atoms with van der Waals surface area (Å²) in [5, 5.41) is 0.829. The van der Waals surface area contributed by atoms with Crippen LogP contribution in [0.2, 0.25) is 5.02 Å². The summed E-state index contributed by atoms with van der Waals surface area (Å²) in [7, 11) is 0. The van der Waals surface area contributed by atoms with Crippen LogP contribution in [0.3, 0.4) is 0 Å². The van der Waals surface area contributed by atoms with E-state index in [0.29, 0.717) is 31.5 Å². The van der Waals surface area contributed by atoms with Crippen LogP contribution in [0.15, 0.2) is 47.1 Å². The van der Waals surface area contributed by atoms with Crippen LogP contribution in [0.25, 0.3) is 10.9 Å². The minimum Gasteiger partial charge on any atom is -0.360 e. The van der Waals surface area contributed by atoms with E-state index in [4.69, 9.17) is 11.6 Å². The maximum atomic E-state index is 13.9. The number of fused-ring (bicyclic) bond motifs is 1. The van der Waals surface area contributed by atoms with Crippen molar-refractivity contribution in [2.75, 3.05) is 0 Å². The van der Waals surface area contributed by atoms with Crippen molar-refractivity contribution < 1.29 is 9.18 Å². The van der Waals surface area contributed by atoms with Gasteiger partial charge in [0.15, 0.2) is 5.78 Å². The summed E-state index contributed by atoms with van der Waals surface area (Å²) in [4.78, 5) is 15.4. The molecule has 100 valence electrons. The molecule has 0 fully saturated rings. The van der Waals surface area contributed by atoms with E-state index in [-0.39, 0.29) is 5.78 Å². The van der Waals surface area contributed by atoms with Gasteiger partial charge in [0.05, 0.1) is 10.6 Å². The lowest BCUT2D eigenvalue weighted by Crippen LogP contribution is -2.01. The molecule has 0 radical (unpaired) electrons. The maximum absolute atomic E-state index is 13.9. The molecule has 0 spiro atoms. The molecule has 0 bridgehead atoms. The van der Waals surface area contributed by atoms with Crippen molar-refractivity contribution in [3.05, 3.63) is 69.0 Å². The second kappa shape index (κ2) is 5.04. The lowest BCUT2D eigenvalue weighted by atomic mass is 10.0. The molecule has 5 heteroatoms. The molecule has 0 amide bonds. The van der Waals surface area contributed by atoms with Crippen LogP contribution < -0.4 is 0 Å². The van der Waals surface area contributed by atoms with Gasteiger partial charge in [-0.1, -0.05) is 17.7 Å². The average Bonchev–Trinajstić information content (AvgIpc) is 2.86. The van der Waals surface area contributed by atoms with E-state index < -0.39 is 5.82 Å². The van der Waals surface area contributed by atoms with Gasteiger partial charge in [-0.05, 0) is 46.3 Å². The maximum Gasteiger partial charge on any atom is 0.195 e. The summed E-state index contributed by atoms with van der Waals surface area (Å²) in [6, 6.07) is 9.54. The third-order valence-electron chi connectivity index (χ3n) is 3.08. The Kier molecular flexibility index (Phi) is 3.36. The van der Waals surface area contributed by atoms with Gasteiger partial charge in [-0.25, -0.2) is 4.39 Å². The lowest BCUT2D eigenvalue weighted by Gasteiger charge is -2.02. The van der Waals surface area contributed by atoms with Crippen molar-refractivity contribution in [3.8, 4) is 0 Å². The van der Waals surface area contributed by atoms with Gasteiger partial charge in [0.1, 0.15) is 5.82 Å². The van der Waals surface area contributed by atoms with Crippen molar-refractivity contribution in [2.45, 2.75) is 0 Å². The Bertz CT molecular complexity index is 828. The van der Waals surface area contributed by atoms with Crippen LogP contribution in [0.1, 0.15) is 15.9 Å². The van der Waals surface area contributed by atoms with Crippen LogP contribution in [-0.2, 0) is 0 Å². The highest BCUT2D eigenvalue weighted by Gasteiger charge is 2.17. The van der Waals surface area contributed by atoms with Crippen molar-refractivity contribution in [2.24, 2.45) is 0 Å². The summed E-state index contributed by atoms with van der Waals surface area (Å²) in [6.45, 7) is 0. The molecule has 0 unspecified atom stereocenters. The van der Waals surface area contributed by atoms with Crippen LogP contribution in [0.4, 0.5) is 4.39 Å². The minimum absolute atomic E-state index is 0.251. The fraction of sp³-hybridized carbons (Fsp3) is 0. The minimum atomic E-state index is -0.417. The van der Waals surface area contributed by atoms with E-state index in [1.54, 1.807) is 30.3 Å². The van der Waals surface area contributed by atoms with E-state index in [1.165, 1.54) is 12.3 Å². The van der Waals surface area contributed by atoms with Gasteiger partial charge in [-0.15, -0.1) is 0 Å². The molecule has 0 aliphatic carbocycles. The van der Waals surface area contributed by atoms with E-state index in [2.05, 4.69) is 20.9 Å². The van der Waals surface area contributed by atoms with E-state index in [0.717, 1.165) is 0 Å². The average molecular weight is 353 g/mol. The monoisotopic (exact) mass is 351 g/mol. The molecule has 2 aromatic carbocycles. The first-order chi connectivity index (χ1) is 9.58. The predicted molar refractivity (Wildman–Crippen MR) is 80.8 cm³/mol. The number of carbonyl (C=O) groups excluding carboxylic acids is 1. The van der Waals surface area contributed by atoms with Crippen LogP contribution in [0, 0.1) is 5.82 Å². The van der Waals surface area contributed by atoms with Crippen LogP contribution in [0.5, 0.6) is 0 Å². The number of halogens is 3. The molecule has 0 saturated carbocycles. The molecule has 0 aliphatic heterocycles. The van der Waals surface area contributed by atoms with Crippen LogP contribution in [-0.4, -0.2) is 10.8 Å². The molecule has 0 aliphatic rings. The number of H-pyrrole nitrogens is 1. The summed E-state index contributed by atoms with van der Waals surface area (Å²) in [5.74, 6) is -0.668. The molecule has 1 N–H and O–H groups in total. The van der Waals surface area contributed by atoms with Gasteiger partial charge in [0.25, 0.3) is 0 Å². The number of aromatic nitrogens is 1. The molecular formula is C15H8BrClFNO. The number of benzene rings is 2. The molecule has 1 aromatic heterocycles. The third kappa shape index (κ3) is 2.15. The summed E-state index contributed by atoms with van der Waals surface area (Å²) < 4.78 is 14.5. The van der Waals surface area contributed by atoms with Crippen molar-refractivity contribution in [1.82, 2.24) is 4.98 Å². The molecule has 1 heterocycles. The Hall–Kier alpha value is -1.65. The number of rotatable bonds is 2. The number of aromatic amines is 1. The number of hydrogen-bond acceptors (Lipinski definition) is 1. The van der Waals surface area contributed by atoms with Gasteiger partial charge >= 0.3 is 0 Å². The zero-order valence-corrected chi connectivity index (χ0v) is 12.4. The van der Waals surface area contributed by atoms with Gasteiger partial charge in [-0.3, -0.25) is 4.79 Å². The van der Waals surface area contributed by atoms with Gasteiger partial charge in [0.2, 0.25) is 0 Å². The standard InChI is InChI=1S/C15H8BrClFNO/c16-10-6-8(4-5-11(10)17)15(20)9-7-19-13-3-1-2-12(18)14(9)13/h1-7,19H. The lowest BCUT2D eigenvalue weighted by molar-refractivity contribution is 0.104. The highest BCUT2D eigenvalue weighted by Crippen LogP contribution is 2.27. The second-order valence-electron chi connectivity index (χ2n) is 4.32. The van der Waals surface area contributed by atoms with Gasteiger partial charge in [-0.2, -0.15) is 0 Å². The smallest absolute Gasteiger partial charge is 0.195 e. The van der Waals surface area contributed by atoms with E-state index >= 15 is 0 Å². The molecule has 3 rings (SSSR count). The fourth-order valence-electron chi connectivity index (χ4n) is 2.11. The number of ketones is 1.